The molecule has 0 saturated carbocycles. The number of benzene rings is 1. The van der Waals surface area contributed by atoms with Crippen molar-refractivity contribution in [3.05, 3.63) is 30.2 Å². The predicted molar refractivity (Wildman–Crippen MR) is 151 cm³/mol. The van der Waals surface area contributed by atoms with E-state index in [-0.39, 0.29) is 40.2 Å². The number of rotatable bonds is 7. The Morgan fingerprint density at radius 2 is 1.81 bits per heavy atom. The molecule has 14 heteroatoms. The van der Waals surface area contributed by atoms with Crippen molar-refractivity contribution in [2.24, 2.45) is 0 Å². The van der Waals surface area contributed by atoms with Crippen LogP contribution in [0.3, 0.4) is 0 Å². The Bertz CT molecular complexity index is 1490. The number of aromatic nitrogens is 3. The molecule has 0 aliphatic carbocycles. The van der Waals surface area contributed by atoms with Crippen molar-refractivity contribution < 1.29 is 37.9 Å². The molecule has 4 fully saturated rings. The number of methoxy groups -OCH3 is 1. The smallest absolute Gasteiger partial charge is 0.497 e. The topological polar surface area (TPSA) is 84.9 Å². The molecule has 2 atom stereocenters. The Labute approximate surface area is 246 Å². The molecule has 2 bridgehead atoms. The van der Waals surface area contributed by atoms with E-state index in [4.69, 9.17) is 14.5 Å². The standard InChI is InChI=1S/C29H32F4N6O3.FH.H2/c1-40-19-6-7-22(42-29(31,32)33)20(12-19)24-23(30)25-21(13-34-24)26(38-14-17-4-5-18(15-38)35-17)37-27(36-25)41-16-28-8-2-10-39(28)11-3-9-28;;/h6-7,12-13,17-18,35H,2-5,8-11,14-16H2,1H3;2*1H. The molecular formula is C29H35F5N6O3. The van der Waals surface area contributed by atoms with Gasteiger partial charge in [0.05, 0.1) is 18.0 Å². The van der Waals surface area contributed by atoms with E-state index in [1.165, 1.54) is 25.4 Å². The number of anilines is 1. The molecule has 0 amide bonds. The largest absolute Gasteiger partial charge is 0.573 e. The lowest BCUT2D eigenvalue weighted by atomic mass is 9.95. The number of fused-ring (bicyclic) bond motifs is 4. The maximum atomic E-state index is 16.4. The number of halogens is 5. The van der Waals surface area contributed by atoms with Crippen molar-refractivity contribution in [1.82, 2.24) is 25.2 Å². The molecule has 1 N–H and O–H groups in total. The third kappa shape index (κ3) is 5.50. The van der Waals surface area contributed by atoms with Gasteiger partial charge in [-0.2, -0.15) is 9.97 Å². The van der Waals surface area contributed by atoms with Crippen molar-refractivity contribution in [3.8, 4) is 28.8 Å². The number of piperazine rings is 1. The summed E-state index contributed by atoms with van der Waals surface area (Å²) in [4.78, 5) is 18.1. The van der Waals surface area contributed by atoms with E-state index in [2.05, 4.69) is 29.8 Å². The number of pyridine rings is 1. The SMILES string of the molecule is COc1ccc(OC(F)(F)F)c(-c2ncc3c(N4CC5CCC(C4)N5)nc(OCC45CCCN4CCC5)nc3c2F)c1.F.[HH]. The van der Waals surface area contributed by atoms with Gasteiger partial charge in [0.25, 0.3) is 0 Å². The molecule has 0 spiro atoms. The summed E-state index contributed by atoms with van der Waals surface area (Å²) in [5.74, 6) is -0.751. The third-order valence-corrected chi connectivity index (χ3v) is 9.11. The van der Waals surface area contributed by atoms with E-state index in [9.17, 15) is 13.2 Å². The van der Waals surface area contributed by atoms with Crippen LogP contribution in [0.4, 0.5) is 28.1 Å². The van der Waals surface area contributed by atoms with Crippen molar-refractivity contribution in [3.63, 3.8) is 0 Å². The molecule has 9 nitrogen and oxygen atoms in total. The molecule has 4 saturated heterocycles. The first-order valence-electron chi connectivity index (χ1n) is 14.4. The number of nitrogens with one attached hydrogen (secondary N) is 1. The van der Waals surface area contributed by atoms with Gasteiger partial charge in [-0.1, -0.05) is 0 Å². The second kappa shape index (κ2) is 11.2. The Hall–Kier alpha value is -3.52. The molecular weight excluding hydrogens is 575 g/mol. The van der Waals surface area contributed by atoms with Gasteiger partial charge in [0.1, 0.15) is 35.1 Å². The maximum Gasteiger partial charge on any atom is 0.573 e. The highest BCUT2D eigenvalue weighted by Crippen LogP contribution is 2.41. The monoisotopic (exact) mass is 610 g/mol. The second-order valence-electron chi connectivity index (χ2n) is 11.7. The average molecular weight is 611 g/mol. The van der Waals surface area contributed by atoms with E-state index in [0.29, 0.717) is 43.0 Å². The second-order valence-corrected chi connectivity index (χ2v) is 11.7. The highest BCUT2D eigenvalue weighted by Gasteiger charge is 2.45. The summed E-state index contributed by atoms with van der Waals surface area (Å²) in [6, 6.07) is 4.28. The zero-order valence-electron chi connectivity index (χ0n) is 23.6. The average Bonchev–Trinajstić information content (AvgIpc) is 3.65. The predicted octanol–water partition coefficient (Wildman–Crippen LogP) is 5.08. The van der Waals surface area contributed by atoms with E-state index in [1.54, 1.807) is 0 Å². The molecule has 234 valence electrons. The number of nitrogens with zero attached hydrogens (tertiary/aromatic N) is 5. The molecule has 4 aliphatic rings. The summed E-state index contributed by atoms with van der Waals surface area (Å²) in [5, 5.41) is 3.96. The molecule has 2 unspecified atom stereocenters. The van der Waals surface area contributed by atoms with Gasteiger partial charge in [-0.15, -0.1) is 13.2 Å². The van der Waals surface area contributed by atoms with Crippen LogP contribution in [0.2, 0.25) is 0 Å². The summed E-state index contributed by atoms with van der Waals surface area (Å²) in [5.41, 5.74) is -0.689. The zero-order chi connectivity index (χ0) is 29.1. The van der Waals surface area contributed by atoms with Crippen molar-refractivity contribution in [1.29, 1.82) is 0 Å². The molecule has 0 radical (unpaired) electrons. The first-order chi connectivity index (χ1) is 20.2. The number of hydrogen-bond acceptors (Lipinski definition) is 9. The lowest BCUT2D eigenvalue weighted by Gasteiger charge is -2.34. The summed E-state index contributed by atoms with van der Waals surface area (Å²) >= 11 is 0. The highest BCUT2D eigenvalue weighted by molar-refractivity contribution is 5.92. The minimum atomic E-state index is -4.98. The molecule has 4 aliphatic heterocycles. The Balaban J connectivity index is 0.00000192. The summed E-state index contributed by atoms with van der Waals surface area (Å²) < 4.78 is 71.8. The molecule has 3 aromatic rings. The van der Waals surface area contributed by atoms with Crippen LogP contribution in [0.15, 0.2) is 24.4 Å². The Kier molecular flexibility index (Phi) is 7.69. The van der Waals surface area contributed by atoms with E-state index < -0.39 is 17.9 Å². The van der Waals surface area contributed by atoms with Crippen LogP contribution >= 0.6 is 0 Å². The summed E-state index contributed by atoms with van der Waals surface area (Å²) in [6.07, 6.45) is 2.77. The molecule has 6 heterocycles. The molecule has 43 heavy (non-hydrogen) atoms. The number of hydrogen-bond donors (Lipinski definition) is 1. The van der Waals surface area contributed by atoms with Crippen molar-refractivity contribution in [2.45, 2.75) is 62.5 Å². The van der Waals surface area contributed by atoms with Gasteiger partial charge in [0.15, 0.2) is 5.82 Å². The quantitative estimate of drug-likeness (QED) is 0.368. The number of ether oxygens (including phenoxy) is 3. The van der Waals surface area contributed by atoms with E-state index >= 15 is 4.39 Å². The molecule has 1 aromatic carbocycles. The summed E-state index contributed by atoms with van der Waals surface area (Å²) in [6.45, 7) is 3.82. The lowest BCUT2D eigenvalue weighted by molar-refractivity contribution is -0.274. The van der Waals surface area contributed by atoms with Crippen LogP contribution < -0.4 is 24.4 Å². The fraction of sp³-hybridized carbons (Fsp3) is 0.552. The van der Waals surface area contributed by atoms with Gasteiger partial charge in [-0.25, -0.2) is 4.39 Å². The number of alkyl halides is 3. The van der Waals surface area contributed by atoms with Gasteiger partial charge in [-0.3, -0.25) is 14.6 Å². The zero-order valence-corrected chi connectivity index (χ0v) is 23.6. The maximum absolute atomic E-state index is 16.4. The van der Waals surface area contributed by atoms with Gasteiger partial charge in [0.2, 0.25) is 0 Å². The van der Waals surface area contributed by atoms with Crippen molar-refractivity contribution in [2.75, 3.05) is 44.8 Å². The summed E-state index contributed by atoms with van der Waals surface area (Å²) in [7, 11) is 1.37. The fourth-order valence-electron chi connectivity index (χ4n) is 7.18. The van der Waals surface area contributed by atoms with Gasteiger partial charge < -0.3 is 24.4 Å². The molecule has 7 rings (SSSR count). The Morgan fingerprint density at radius 1 is 1.09 bits per heavy atom. The van der Waals surface area contributed by atoms with Gasteiger partial charge >= 0.3 is 12.4 Å². The van der Waals surface area contributed by atoms with Crippen LogP contribution in [0.25, 0.3) is 22.2 Å². The highest BCUT2D eigenvalue weighted by atomic mass is 19.4. The van der Waals surface area contributed by atoms with Crippen LogP contribution in [0.5, 0.6) is 17.5 Å². The van der Waals surface area contributed by atoms with Crippen LogP contribution in [-0.2, 0) is 0 Å². The first-order valence-corrected chi connectivity index (χ1v) is 14.4. The van der Waals surface area contributed by atoms with Crippen LogP contribution in [0, 0.1) is 5.82 Å². The van der Waals surface area contributed by atoms with E-state index in [0.717, 1.165) is 57.7 Å². The third-order valence-electron chi connectivity index (χ3n) is 9.11. The van der Waals surface area contributed by atoms with Crippen molar-refractivity contribution >= 4 is 16.7 Å². The fourth-order valence-corrected chi connectivity index (χ4v) is 7.18. The minimum absolute atomic E-state index is 0. The van der Waals surface area contributed by atoms with Crippen LogP contribution in [0.1, 0.15) is 40.0 Å². The first kappa shape index (κ1) is 29.5. The Morgan fingerprint density at radius 3 is 2.49 bits per heavy atom. The van der Waals surface area contributed by atoms with Gasteiger partial charge in [-0.05, 0) is 69.8 Å². The van der Waals surface area contributed by atoms with E-state index in [1.807, 2.05) is 0 Å². The lowest BCUT2D eigenvalue weighted by Crippen LogP contribution is -2.51. The minimum Gasteiger partial charge on any atom is -0.497 e. The van der Waals surface area contributed by atoms with Crippen LogP contribution in [-0.4, -0.2) is 83.7 Å². The normalized spacial score (nSPS) is 22.9. The molecule has 2 aromatic heterocycles. The van der Waals surface area contributed by atoms with Gasteiger partial charge in [0, 0.05) is 38.4 Å².